The summed E-state index contributed by atoms with van der Waals surface area (Å²) in [5.74, 6) is 1.60. The zero-order chi connectivity index (χ0) is 11.4. The molecule has 2 aromatic rings. The predicted molar refractivity (Wildman–Crippen MR) is 63.8 cm³/mol. The van der Waals surface area contributed by atoms with E-state index in [4.69, 9.17) is 9.47 Å². The first-order valence-corrected chi connectivity index (χ1v) is 5.04. The van der Waals surface area contributed by atoms with Gasteiger partial charge in [-0.1, -0.05) is 24.3 Å². The topological polar surface area (TPSA) is 18.5 Å². The highest BCUT2D eigenvalue weighted by Gasteiger charge is 2.04. The summed E-state index contributed by atoms with van der Waals surface area (Å²) in [7, 11) is 3.31. The molecule has 0 fully saturated rings. The van der Waals surface area contributed by atoms with Gasteiger partial charge < -0.3 is 9.47 Å². The van der Waals surface area contributed by atoms with Crippen molar-refractivity contribution in [3.63, 3.8) is 0 Å². The smallest absolute Gasteiger partial charge is 0.126 e. The van der Waals surface area contributed by atoms with E-state index in [1.54, 1.807) is 14.2 Å². The van der Waals surface area contributed by atoms with Gasteiger partial charge in [-0.25, -0.2) is 0 Å². The Morgan fingerprint density at radius 3 is 2.38 bits per heavy atom. The van der Waals surface area contributed by atoms with Crippen molar-refractivity contribution in [1.82, 2.24) is 0 Å². The van der Waals surface area contributed by atoms with Gasteiger partial charge in [0.2, 0.25) is 0 Å². The van der Waals surface area contributed by atoms with Gasteiger partial charge in [-0.15, -0.1) is 0 Å². The molecule has 0 saturated heterocycles. The highest BCUT2D eigenvalue weighted by molar-refractivity contribution is 5.70. The molecule has 0 saturated carbocycles. The number of benzene rings is 2. The summed E-state index contributed by atoms with van der Waals surface area (Å²) in [6.45, 7) is 0. The molecule has 2 nitrogen and oxygen atoms in total. The number of hydrogen-bond acceptors (Lipinski definition) is 2. The van der Waals surface area contributed by atoms with Crippen LogP contribution in [0.2, 0.25) is 0 Å². The van der Waals surface area contributed by atoms with Crippen LogP contribution in [0.5, 0.6) is 11.5 Å². The van der Waals surface area contributed by atoms with Gasteiger partial charge in [-0.05, 0) is 23.8 Å². The molecule has 1 radical (unpaired) electrons. The van der Waals surface area contributed by atoms with Crippen molar-refractivity contribution < 1.29 is 9.47 Å². The molecule has 0 aliphatic rings. The van der Waals surface area contributed by atoms with Crippen LogP contribution in [0, 0.1) is 6.07 Å². The second-order valence-electron chi connectivity index (χ2n) is 3.35. The fourth-order valence-electron chi connectivity index (χ4n) is 1.59. The van der Waals surface area contributed by atoms with Crippen molar-refractivity contribution in [2.45, 2.75) is 0 Å². The van der Waals surface area contributed by atoms with Crippen LogP contribution in [0.3, 0.4) is 0 Å². The average molecular weight is 213 g/mol. The van der Waals surface area contributed by atoms with Crippen molar-refractivity contribution in [3.8, 4) is 22.6 Å². The van der Waals surface area contributed by atoms with Crippen LogP contribution < -0.4 is 9.47 Å². The number of hydrogen-bond donors (Lipinski definition) is 0. The third-order valence-corrected chi connectivity index (χ3v) is 2.42. The van der Waals surface area contributed by atoms with Crippen LogP contribution in [0.4, 0.5) is 0 Å². The van der Waals surface area contributed by atoms with Crippen LogP contribution in [0.15, 0.2) is 42.5 Å². The molecule has 16 heavy (non-hydrogen) atoms. The number of rotatable bonds is 3. The molecule has 0 unspecified atom stereocenters. The van der Waals surface area contributed by atoms with Crippen LogP contribution in [0.1, 0.15) is 0 Å². The summed E-state index contributed by atoms with van der Waals surface area (Å²) < 4.78 is 10.4. The lowest BCUT2D eigenvalue weighted by atomic mass is 10.0. The zero-order valence-electron chi connectivity index (χ0n) is 9.36. The van der Waals surface area contributed by atoms with E-state index >= 15 is 0 Å². The molecular weight excluding hydrogens is 200 g/mol. The molecule has 0 spiro atoms. The lowest BCUT2D eigenvalue weighted by Crippen LogP contribution is -1.88. The molecule has 0 aromatic heterocycles. The van der Waals surface area contributed by atoms with Gasteiger partial charge in [-0.3, -0.25) is 0 Å². The molecule has 0 aliphatic heterocycles. The second-order valence-corrected chi connectivity index (χ2v) is 3.35. The Bertz CT molecular complexity index is 460. The van der Waals surface area contributed by atoms with Gasteiger partial charge in [0.25, 0.3) is 0 Å². The average Bonchev–Trinajstić information content (AvgIpc) is 2.39. The summed E-state index contributed by atoms with van der Waals surface area (Å²) in [6, 6.07) is 16.8. The molecule has 2 aromatic carbocycles. The summed E-state index contributed by atoms with van der Waals surface area (Å²) in [4.78, 5) is 0. The second kappa shape index (κ2) is 4.71. The minimum Gasteiger partial charge on any atom is -0.496 e. The minimum atomic E-state index is 0.735. The number of para-hydroxylation sites is 1. The Morgan fingerprint density at radius 1 is 0.938 bits per heavy atom. The molecule has 0 N–H and O–H groups in total. The fraction of sp³-hybridized carbons (Fsp3) is 0.143. The largest absolute Gasteiger partial charge is 0.496 e. The van der Waals surface area contributed by atoms with Crippen molar-refractivity contribution in [2.24, 2.45) is 0 Å². The summed E-state index contributed by atoms with van der Waals surface area (Å²) in [5.41, 5.74) is 2.13. The van der Waals surface area contributed by atoms with E-state index in [2.05, 4.69) is 6.07 Å². The summed E-state index contributed by atoms with van der Waals surface area (Å²) >= 11 is 0. The third-order valence-electron chi connectivity index (χ3n) is 2.42. The van der Waals surface area contributed by atoms with E-state index < -0.39 is 0 Å². The highest BCUT2D eigenvalue weighted by atomic mass is 16.5. The van der Waals surface area contributed by atoms with Gasteiger partial charge in [0.05, 0.1) is 14.2 Å². The summed E-state index contributed by atoms with van der Waals surface area (Å²) in [6.07, 6.45) is 0. The zero-order valence-corrected chi connectivity index (χ0v) is 9.36. The molecule has 0 atom stereocenters. The SMILES string of the molecule is COc1[c]cc(-c2ccccc2OC)cc1. The standard InChI is InChI=1S/C14H13O2/c1-15-12-9-7-11(8-10-12)13-5-3-4-6-14(13)16-2/h3-9H,1-2H3. The first kappa shape index (κ1) is 10.6. The third kappa shape index (κ3) is 2.01. The van der Waals surface area contributed by atoms with Crippen molar-refractivity contribution in [1.29, 1.82) is 0 Å². The van der Waals surface area contributed by atoms with Crippen LogP contribution in [0.25, 0.3) is 11.1 Å². The molecule has 81 valence electrons. The first-order valence-electron chi connectivity index (χ1n) is 5.04. The van der Waals surface area contributed by atoms with Gasteiger partial charge in [0, 0.05) is 11.6 Å². The lowest BCUT2D eigenvalue weighted by Gasteiger charge is -2.08. The van der Waals surface area contributed by atoms with E-state index in [1.807, 2.05) is 42.5 Å². The Morgan fingerprint density at radius 2 is 1.75 bits per heavy atom. The molecule has 0 aliphatic carbocycles. The fourth-order valence-corrected chi connectivity index (χ4v) is 1.59. The van der Waals surface area contributed by atoms with E-state index in [0.717, 1.165) is 22.6 Å². The number of ether oxygens (including phenoxy) is 2. The van der Waals surface area contributed by atoms with E-state index in [0.29, 0.717) is 0 Å². The molecule has 0 amide bonds. The molecular formula is C14H13O2. The Labute approximate surface area is 95.4 Å². The quantitative estimate of drug-likeness (QED) is 0.779. The van der Waals surface area contributed by atoms with Gasteiger partial charge in [0.1, 0.15) is 11.5 Å². The highest BCUT2D eigenvalue weighted by Crippen LogP contribution is 2.30. The maximum Gasteiger partial charge on any atom is 0.126 e. The van der Waals surface area contributed by atoms with E-state index in [9.17, 15) is 0 Å². The normalized spacial score (nSPS) is 9.88. The van der Waals surface area contributed by atoms with Crippen LogP contribution in [-0.2, 0) is 0 Å². The van der Waals surface area contributed by atoms with Gasteiger partial charge in [-0.2, -0.15) is 0 Å². The molecule has 2 rings (SSSR count). The Balaban J connectivity index is 2.42. The van der Waals surface area contributed by atoms with E-state index in [1.165, 1.54) is 0 Å². The Kier molecular flexibility index (Phi) is 3.10. The first-order chi connectivity index (χ1) is 7.85. The number of methoxy groups -OCH3 is 2. The van der Waals surface area contributed by atoms with Crippen molar-refractivity contribution >= 4 is 0 Å². The maximum absolute atomic E-state index is 5.31. The predicted octanol–water partition coefficient (Wildman–Crippen LogP) is 3.17. The lowest BCUT2D eigenvalue weighted by molar-refractivity contribution is 0.413. The Hall–Kier alpha value is -1.96. The minimum absolute atomic E-state index is 0.735. The monoisotopic (exact) mass is 213 g/mol. The van der Waals surface area contributed by atoms with Crippen molar-refractivity contribution in [2.75, 3.05) is 14.2 Å². The van der Waals surface area contributed by atoms with Gasteiger partial charge in [0.15, 0.2) is 0 Å². The van der Waals surface area contributed by atoms with E-state index in [-0.39, 0.29) is 0 Å². The maximum atomic E-state index is 5.31. The van der Waals surface area contributed by atoms with Crippen LogP contribution >= 0.6 is 0 Å². The molecule has 2 heteroatoms. The van der Waals surface area contributed by atoms with Crippen molar-refractivity contribution in [3.05, 3.63) is 48.5 Å². The summed E-state index contributed by atoms with van der Waals surface area (Å²) in [5, 5.41) is 0. The van der Waals surface area contributed by atoms with Crippen LogP contribution in [-0.4, -0.2) is 14.2 Å². The molecule has 0 heterocycles. The molecule has 0 bridgehead atoms. The van der Waals surface area contributed by atoms with Gasteiger partial charge >= 0.3 is 0 Å².